The first-order valence-corrected chi connectivity index (χ1v) is 7.30. The average Bonchev–Trinajstić information content (AvgIpc) is 2.11. The molecule has 0 aliphatic heterocycles. The molecule has 0 aromatic heterocycles. The Kier molecular flexibility index (Phi) is 7.87. The van der Waals surface area contributed by atoms with Crippen LogP contribution in [0.4, 0.5) is 0 Å². The zero-order chi connectivity index (χ0) is 10.2. The summed E-state index contributed by atoms with van der Waals surface area (Å²) in [5.74, 6) is 0. The van der Waals surface area contributed by atoms with Crippen LogP contribution < -0.4 is 0 Å². The molecular weight excluding hydrogens is 187 g/mol. The molecule has 0 heterocycles. The second-order valence-corrected chi connectivity index (χ2v) is 5.86. The minimum atomic E-state index is -2.75. The fourth-order valence-corrected chi connectivity index (χ4v) is 1.67. The van der Waals surface area contributed by atoms with Crippen molar-refractivity contribution in [2.75, 3.05) is 20.4 Å². The van der Waals surface area contributed by atoms with Crippen molar-refractivity contribution in [2.45, 2.75) is 39.0 Å². The van der Waals surface area contributed by atoms with E-state index in [1.807, 2.05) is 0 Å². The van der Waals surface area contributed by atoms with E-state index in [2.05, 4.69) is 6.92 Å². The van der Waals surface area contributed by atoms with Crippen LogP contribution in [0.15, 0.2) is 0 Å². The molecule has 0 aliphatic rings. The zero-order valence-corrected chi connectivity index (χ0v) is 10.0. The van der Waals surface area contributed by atoms with Gasteiger partial charge in [0, 0.05) is 0 Å². The van der Waals surface area contributed by atoms with Crippen molar-refractivity contribution in [3.63, 3.8) is 0 Å². The predicted octanol–water partition coefficient (Wildman–Crippen LogP) is 2.74. The number of unbranched alkanes of at least 4 members (excludes halogenated alkanes) is 4. The molecular formula is C9H23O3P. The van der Waals surface area contributed by atoms with E-state index in [0.29, 0.717) is 6.61 Å². The number of hydrogen-bond donors (Lipinski definition) is 1. The van der Waals surface area contributed by atoms with Crippen molar-refractivity contribution in [3.8, 4) is 0 Å². The van der Waals surface area contributed by atoms with E-state index in [0.717, 1.165) is 6.42 Å². The van der Waals surface area contributed by atoms with Crippen LogP contribution in [0.3, 0.4) is 0 Å². The summed E-state index contributed by atoms with van der Waals surface area (Å²) in [7, 11) is -1.26. The van der Waals surface area contributed by atoms with Crippen LogP contribution >= 0.6 is 7.94 Å². The zero-order valence-electron chi connectivity index (χ0n) is 9.01. The Morgan fingerprint density at radius 3 is 2.31 bits per heavy atom. The van der Waals surface area contributed by atoms with Crippen molar-refractivity contribution < 1.29 is 13.9 Å². The van der Waals surface area contributed by atoms with Gasteiger partial charge in [-0.15, -0.1) is 0 Å². The first-order valence-electron chi connectivity index (χ1n) is 5.04. The quantitative estimate of drug-likeness (QED) is 0.494. The summed E-state index contributed by atoms with van der Waals surface area (Å²) in [6.45, 7) is 4.45. The van der Waals surface area contributed by atoms with Gasteiger partial charge in [-0.1, -0.05) is 0 Å². The van der Waals surface area contributed by atoms with Gasteiger partial charge >= 0.3 is 81.3 Å². The molecule has 0 aromatic rings. The van der Waals surface area contributed by atoms with Gasteiger partial charge in [-0.25, -0.2) is 0 Å². The van der Waals surface area contributed by atoms with Crippen LogP contribution in [0, 0.1) is 0 Å². The second kappa shape index (κ2) is 7.69. The minimum absolute atomic E-state index is 0.622. The third kappa shape index (κ3) is 8.63. The molecule has 0 bridgehead atoms. The van der Waals surface area contributed by atoms with E-state index in [-0.39, 0.29) is 0 Å². The van der Waals surface area contributed by atoms with Crippen LogP contribution in [0.2, 0.25) is 0 Å². The number of rotatable bonds is 8. The first kappa shape index (κ1) is 13.3. The van der Waals surface area contributed by atoms with Gasteiger partial charge in [0.25, 0.3) is 0 Å². The van der Waals surface area contributed by atoms with E-state index < -0.39 is 7.94 Å². The topological polar surface area (TPSA) is 38.7 Å². The van der Waals surface area contributed by atoms with E-state index in [1.54, 1.807) is 6.66 Å². The van der Waals surface area contributed by atoms with Crippen molar-refractivity contribution in [1.29, 1.82) is 0 Å². The van der Waals surface area contributed by atoms with Gasteiger partial charge < -0.3 is 0 Å². The molecule has 82 valence electrons. The third-order valence-electron chi connectivity index (χ3n) is 2.00. The normalized spacial score (nSPS) is 13.2. The Hall–Kier alpha value is 0.310. The van der Waals surface area contributed by atoms with Gasteiger partial charge in [0.1, 0.15) is 0 Å². The second-order valence-electron chi connectivity index (χ2n) is 3.36. The predicted molar refractivity (Wildman–Crippen MR) is 58.2 cm³/mol. The molecule has 0 unspecified atom stereocenters. The maximum atomic E-state index is 9.42. The Balaban J connectivity index is 3.16. The van der Waals surface area contributed by atoms with Crippen LogP contribution in [0.1, 0.15) is 39.0 Å². The van der Waals surface area contributed by atoms with Gasteiger partial charge in [-0.3, -0.25) is 0 Å². The summed E-state index contributed by atoms with van der Waals surface area (Å²) in [6, 6.07) is 0. The molecule has 0 spiro atoms. The summed E-state index contributed by atoms with van der Waals surface area (Å²) in [5.41, 5.74) is 0. The van der Waals surface area contributed by atoms with Crippen molar-refractivity contribution in [2.24, 2.45) is 0 Å². The summed E-state index contributed by atoms with van der Waals surface area (Å²) < 4.78 is 10.1. The molecule has 0 rings (SSSR count). The molecule has 3 nitrogen and oxygen atoms in total. The molecule has 13 heavy (non-hydrogen) atoms. The molecule has 0 saturated carbocycles. The molecule has 0 aromatic carbocycles. The van der Waals surface area contributed by atoms with Crippen LogP contribution in [0.25, 0.3) is 0 Å². The number of hydrogen-bond acceptors (Lipinski definition) is 3. The molecule has 0 aliphatic carbocycles. The monoisotopic (exact) mass is 210 g/mol. The van der Waals surface area contributed by atoms with Crippen molar-refractivity contribution >= 4 is 7.94 Å². The Morgan fingerprint density at radius 2 is 1.77 bits per heavy atom. The molecule has 1 N–H and O–H groups in total. The Morgan fingerprint density at radius 1 is 1.15 bits per heavy atom. The molecule has 0 amide bonds. The summed E-state index contributed by atoms with van der Waals surface area (Å²) >= 11 is 0. The van der Waals surface area contributed by atoms with Gasteiger partial charge in [0.2, 0.25) is 0 Å². The first-order chi connectivity index (χ1) is 6.12. The maximum absolute atomic E-state index is 9.42. The molecule has 0 saturated heterocycles. The van der Waals surface area contributed by atoms with Crippen molar-refractivity contribution in [1.82, 2.24) is 0 Å². The molecule has 0 fully saturated rings. The average molecular weight is 210 g/mol. The van der Waals surface area contributed by atoms with Crippen LogP contribution in [-0.2, 0) is 9.05 Å². The Labute approximate surface area is 82.0 Å². The summed E-state index contributed by atoms with van der Waals surface area (Å²) in [5, 5.41) is 0. The Bertz CT molecular complexity index is 117. The van der Waals surface area contributed by atoms with Gasteiger partial charge in [-0.05, 0) is 0 Å². The molecule has 0 radical (unpaired) electrons. The van der Waals surface area contributed by atoms with E-state index >= 15 is 0 Å². The SMILES string of the molecule is CCCCCCCO[PH](C)(O)OC. The summed E-state index contributed by atoms with van der Waals surface area (Å²) in [4.78, 5) is 9.42. The van der Waals surface area contributed by atoms with Crippen molar-refractivity contribution in [3.05, 3.63) is 0 Å². The van der Waals surface area contributed by atoms with Crippen LogP contribution in [-0.4, -0.2) is 25.3 Å². The fourth-order valence-electron chi connectivity index (χ4n) is 1.03. The summed E-state index contributed by atoms with van der Waals surface area (Å²) in [6.07, 6.45) is 6.01. The van der Waals surface area contributed by atoms with E-state index in [1.165, 1.54) is 32.8 Å². The molecule has 0 atom stereocenters. The third-order valence-corrected chi connectivity index (χ3v) is 3.49. The standard InChI is InChI=1S/C9H23O3P/c1-4-5-6-7-8-9-12-13(3,10)11-2/h10,13H,4-9H2,1-3H3. The van der Waals surface area contributed by atoms with Gasteiger partial charge in [-0.2, -0.15) is 0 Å². The fraction of sp³-hybridized carbons (Fsp3) is 1.00. The van der Waals surface area contributed by atoms with Gasteiger partial charge in [0.15, 0.2) is 0 Å². The molecule has 4 heteroatoms. The van der Waals surface area contributed by atoms with E-state index in [9.17, 15) is 4.89 Å². The van der Waals surface area contributed by atoms with Crippen LogP contribution in [0.5, 0.6) is 0 Å². The van der Waals surface area contributed by atoms with Gasteiger partial charge in [0.05, 0.1) is 0 Å². The van der Waals surface area contributed by atoms with E-state index in [4.69, 9.17) is 9.05 Å².